The van der Waals surface area contributed by atoms with Crippen LogP contribution in [0.4, 0.5) is 11.8 Å². The molecule has 0 aliphatic carbocycles. The van der Waals surface area contributed by atoms with E-state index in [2.05, 4.69) is 52.5 Å². The van der Waals surface area contributed by atoms with Crippen molar-refractivity contribution in [2.75, 3.05) is 56.6 Å². The molecule has 1 amide bonds. The molecule has 2 aliphatic heterocycles. The average Bonchev–Trinajstić information content (AvgIpc) is 3.24. The van der Waals surface area contributed by atoms with Gasteiger partial charge < -0.3 is 24.0 Å². The van der Waals surface area contributed by atoms with Crippen molar-refractivity contribution < 1.29 is 4.79 Å². The molecule has 0 bridgehead atoms. The molecule has 0 aromatic carbocycles. The van der Waals surface area contributed by atoms with Crippen LogP contribution in [0.3, 0.4) is 0 Å². The van der Waals surface area contributed by atoms with Crippen LogP contribution in [0.15, 0.2) is 36.8 Å². The van der Waals surface area contributed by atoms with E-state index < -0.39 is 5.54 Å². The van der Waals surface area contributed by atoms with Crippen LogP contribution >= 0.6 is 11.6 Å². The first-order chi connectivity index (χ1) is 16.7. The third kappa shape index (κ3) is 4.21. The third-order valence-corrected chi connectivity index (χ3v) is 7.81. The monoisotopic (exact) mass is 496 g/mol. The molecule has 2 fully saturated rings. The number of hydrogen-bond acceptors (Lipinski definition) is 7. The van der Waals surface area contributed by atoms with E-state index in [1.54, 1.807) is 6.20 Å². The van der Waals surface area contributed by atoms with Crippen LogP contribution in [-0.4, -0.2) is 87.9 Å². The Balaban J connectivity index is 1.28. The fraction of sp³-hybridized carbons (Fsp3) is 0.520. The number of piperazine rings is 1. The van der Waals surface area contributed by atoms with Crippen LogP contribution in [0.5, 0.6) is 0 Å². The normalized spacial score (nSPS) is 19.8. The predicted octanol–water partition coefficient (Wildman–Crippen LogP) is 2.75. The lowest BCUT2D eigenvalue weighted by atomic mass is 9.93. The number of carbonyl (C=O) groups excluding carboxylic acids is 1. The van der Waals surface area contributed by atoms with Crippen LogP contribution in [0.25, 0.3) is 5.65 Å². The van der Waals surface area contributed by atoms with Crippen molar-refractivity contribution in [1.29, 1.82) is 0 Å². The van der Waals surface area contributed by atoms with Crippen LogP contribution in [0, 0.1) is 5.92 Å². The summed E-state index contributed by atoms with van der Waals surface area (Å²) in [5, 5.41) is 0.515. The number of imidazole rings is 1. The summed E-state index contributed by atoms with van der Waals surface area (Å²) in [6.45, 7) is 10.3. The van der Waals surface area contributed by atoms with Gasteiger partial charge in [0.15, 0.2) is 5.82 Å². The van der Waals surface area contributed by atoms with Crippen LogP contribution in [0.1, 0.15) is 26.5 Å². The molecule has 2 aliphatic rings. The van der Waals surface area contributed by atoms with Gasteiger partial charge in [-0.2, -0.15) is 4.98 Å². The number of anilines is 2. The Morgan fingerprint density at radius 3 is 2.66 bits per heavy atom. The molecular weight excluding hydrogens is 464 g/mol. The minimum Gasteiger partial charge on any atom is -0.353 e. The molecule has 0 radical (unpaired) electrons. The Labute approximate surface area is 211 Å². The standard InChI is InChI=1S/C25H33ClN8O/c1-17-14-30(4)10-11-33(17)24-28-12-19(26)22(29-24)32-15-18(16-32)23(35)31(5)25(2,3)20-13-27-21-8-6-7-9-34(20)21/h6-9,12-13,17-18H,10-11,14-16H2,1-5H3/t17-/m0/s1. The van der Waals surface area contributed by atoms with Gasteiger partial charge in [-0.15, -0.1) is 0 Å². The first-order valence-corrected chi connectivity index (χ1v) is 12.5. The van der Waals surface area contributed by atoms with E-state index in [4.69, 9.17) is 16.6 Å². The number of pyridine rings is 1. The van der Waals surface area contributed by atoms with E-state index >= 15 is 0 Å². The number of halogens is 1. The molecule has 0 spiro atoms. The zero-order chi connectivity index (χ0) is 24.9. The molecule has 1 atom stereocenters. The SMILES string of the molecule is C[C@H]1CN(C)CCN1c1ncc(Cl)c(N2CC(C(=O)N(C)C(C)(C)c3cnc4ccccn34)C2)n1. The van der Waals surface area contributed by atoms with Crippen molar-refractivity contribution in [3.63, 3.8) is 0 Å². The Morgan fingerprint density at radius 1 is 1.14 bits per heavy atom. The number of rotatable bonds is 5. The maximum Gasteiger partial charge on any atom is 0.229 e. The van der Waals surface area contributed by atoms with Gasteiger partial charge in [0.1, 0.15) is 10.7 Å². The van der Waals surface area contributed by atoms with Crippen molar-refractivity contribution in [3.05, 3.63) is 47.5 Å². The maximum atomic E-state index is 13.4. The van der Waals surface area contributed by atoms with E-state index in [0.29, 0.717) is 35.9 Å². The van der Waals surface area contributed by atoms with Gasteiger partial charge in [0.25, 0.3) is 0 Å². The fourth-order valence-corrected chi connectivity index (χ4v) is 5.27. The Morgan fingerprint density at radius 2 is 1.91 bits per heavy atom. The van der Waals surface area contributed by atoms with Crippen LogP contribution < -0.4 is 9.80 Å². The zero-order valence-electron chi connectivity index (χ0n) is 21.0. The van der Waals surface area contributed by atoms with Gasteiger partial charge in [-0.3, -0.25) is 4.79 Å². The second-order valence-electron chi connectivity index (χ2n) is 10.3. The first-order valence-electron chi connectivity index (χ1n) is 12.1. The molecule has 2 saturated heterocycles. The second kappa shape index (κ2) is 8.95. The molecule has 3 aromatic rings. The number of nitrogens with zero attached hydrogens (tertiary/aromatic N) is 8. The van der Waals surface area contributed by atoms with E-state index in [1.165, 1.54) is 0 Å². The van der Waals surface area contributed by atoms with Crippen molar-refractivity contribution in [3.8, 4) is 0 Å². The third-order valence-electron chi connectivity index (χ3n) is 7.54. The number of fused-ring (bicyclic) bond motifs is 1. The molecular formula is C25H33ClN8O. The van der Waals surface area contributed by atoms with E-state index in [0.717, 1.165) is 31.0 Å². The smallest absolute Gasteiger partial charge is 0.229 e. The maximum absolute atomic E-state index is 13.4. The summed E-state index contributed by atoms with van der Waals surface area (Å²) in [6.07, 6.45) is 5.52. The molecule has 3 aromatic heterocycles. The van der Waals surface area contributed by atoms with Crippen molar-refractivity contribution in [1.82, 2.24) is 29.2 Å². The quantitative estimate of drug-likeness (QED) is 0.537. The average molecular weight is 497 g/mol. The van der Waals surface area contributed by atoms with E-state index in [-0.39, 0.29) is 11.8 Å². The number of hydrogen-bond donors (Lipinski definition) is 0. The highest BCUT2D eigenvalue weighted by Crippen LogP contribution is 2.34. The van der Waals surface area contributed by atoms with Crippen LogP contribution in [-0.2, 0) is 10.3 Å². The summed E-state index contributed by atoms with van der Waals surface area (Å²) in [5.74, 6) is 1.40. The predicted molar refractivity (Wildman–Crippen MR) is 138 cm³/mol. The molecule has 0 saturated carbocycles. The van der Waals surface area contributed by atoms with Crippen LogP contribution in [0.2, 0.25) is 5.02 Å². The van der Waals surface area contributed by atoms with Crippen molar-refractivity contribution in [2.24, 2.45) is 5.92 Å². The summed E-state index contributed by atoms with van der Waals surface area (Å²) in [7, 11) is 4.00. The summed E-state index contributed by atoms with van der Waals surface area (Å²) in [4.78, 5) is 35.7. The molecule has 9 nitrogen and oxygen atoms in total. The fourth-order valence-electron chi connectivity index (χ4n) is 5.06. The highest BCUT2D eigenvalue weighted by atomic mass is 35.5. The summed E-state index contributed by atoms with van der Waals surface area (Å²) in [5.41, 5.74) is 1.33. The van der Waals surface area contributed by atoms with Gasteiger partial charge in [0.05, 0.1) is 29.5 Å². The Bertz CT molecular complexity index is 1240. The Kier molecular flexibility index (Phi) is 6.09. The van der Waals surface area contributed by atoms with Gasteiger partial charge in [0, 0.05) is 52.0 Å². The molecule has 0 unspecified atom stereocenters. The first kappa shape index (κ1) is 23.8. The van der Waals surface area contributed by atoms with Gasteiger partial charge in [-0.1, -0.05) is 17.7 Å². The van der Waals surface area contributed by atoms with Gasteiger partial charge in [0.2, 0.25) is 11.9 Å². The number of amides is 1. The number of likely N-dealkylation sites (N-methyl/N-ethyl adjacent to an activating group) is 1. The molecule has 5 rings (SSSR count). The lowest BCUT2D eigenvalue weighted by molar-refractivity contribution is -0.140. The highest BCUT2D eigenvalue weighted by Gasteiger charge is 2.41. The van der Waals surface area contributed by atoms with Gasteiger partial charge in [-0.25, -0.2) is 9.97 Å². The van der Waals surface area contributed by atoms with Crippen molar-refractivity contribution >= 4 is 34.9 Å². The lowest BCUT2D eigenvalue weighted by Gasteiger charge is -2.44. The largest absolute Gasteiger partial charge is 0.353 e. The summed E-state index contributed by atoms with van der Waals surface area (Å²) >= 11 is 6.49. The van der Waals surface area contributed by atoms with Gasteiger partial charge >= 0.3 is 0 Å². The highest BCUT2D eigenvalue weighted by molar-refractivity contribution is 6.32. The van der Waals surface area contributed by atoms with Gasteiger partial charge in [-0.05, 0) is 40.0 Å². The topological polar surface area (TPSA) is 73.1 Å². The minimum absolute atomic E-state index is 0.107. The molecule has 0 N–H and O–H groups in total. The van der Waals surface area contributed by atoms with Crippen molar-refractivity contribution in [2.45, 2.75) is 32.4 Å². The van der Waals surface area contributed by atoms with E-state index in [9.17, 15) is 4.79 Å². The molecule has 10 heteroatoms. The summed E-state index contributed by atoms with van der Waals surface area (Å²) in [6, 6.07) is 6.23. The second-order valence-corrected chi connectivity index (χ2v) is 10.7. The Hall–Kier alpha value is -2.91. The zero-order valence-corrected chi connectivity index (χ0v) is 21.8. The summed E-state index contributed by atoms with van der Waals surface area (Å²) < 4.78 is 2.04. The number of carbonyl (C=O) groups is 1. The molecule has 186 valence electrons. The molecule has 5 heterocycles. The number of aromatic nitrogens is 4. The van der Waals surface area contributed by atoms with E-state index in [1.807, 2.05) is 46.9 Å². The molecule has 35 heavy (non-hydrogen) atoms. The lowest BCUT2D eigenvalue weighted by Crippen LogP contribution is -2.57. The minimum atomic E-state index is -0.518.